The van der Waals surface area contributed by atoms with Crippen molar-refractivity contribution >= 4 is 11.3 Å². The number of rotatable bonds is 6. The van der Waals surface area contributed by atoms with Crippen LogP contribution in [0, 0.1) is 6.92 Å². The molecule has 0 saturated carbocycles. The molecule has 0 saturated heterocycles. The van der Waals surface area contributed by atoms with Crippen LogP contribution in [0.3, 0.4) is 0 Å². The zero-order valence-corrected chi connectivity index (χ0v) is 10.7. The molecule has 1 heterocycles. The first-order valence-electron chi connectivity index (χ1n) is 5.30. The Bertz CT molecular complexity index is 288. The second kappa shape index (κ2) is 6.20. The van der Waals surface area contributed by atoms with E-state index in [0.29, 0.717) is 12.1 Å². The first kappa shape index (κ1) is 12.6. The maximum absolute atomic E-state index is 5.05. The minimum atomic E-state index is 0.329. The Hall–Kier alpha value is -0.450. The second-order valence-corrected chi connectivity index (χ2v) is 5.15. The lowest BCUT2D eigenvalue weighted by Gasteiger charge is -2.17. The van der Waals surface area contributed by atoms with Crippen molar-refractivity contribution in [3.05, 3.63) is 16.1 Å². The Kier molecular flexibility index (Phi) is 5.22. The average molecular weight is 228 g/mol. The molecular weight excluding hydrogens is 208 g/mol. The third kappa shape index (κ3) is 4.28. The lowest BCUT2D eigenvalue weighted by atomic mass is 10.2. The number of thiazole rings is 1. The van der Waals surface area contributed by atoms with E-state index in [-0.39, 0.29) is 0 Å². The zero-order valence-electron chi connectivity index (χ0n) is 9.91. The summed E-state index contributed by atoms with van der Waals surface area (Å²) >= 11 is 1.76. The number of aryl methyl sites for hydroxylation is 1. The van der Waals surface area contributed by atoms with Gasteiger partial charge in [0.1, 0.15) is 5.01 Å². The van der Waals surface area contributed by atoms with Crippen LogP contribution < -0.4 is 5.32 Å². The van der Waals surface area contributed by atoms with Crippen LogP contribution in [0.1, 0.15) is 36.2 Å². The molecule has 1 aromatic heterocycles. The molecule has 1 N–H and O–H groups in total. The van der Waals surface area contributed by atoms with Gasteiger partial charge in [-0.3, -0.25) is 0 Å². The normalized spacial score (nSPS) is 15.2. The van der Waals surface area contributed by atoms with Crippen LogP contribution in [-0.2, 0) is 4.74 Å². The summed E-state index contributed by atoms with van der Waals surface area (Å²) in [4.78, 5) is 5.64. The fourth-order valence-electron chi connectivity index (χ4n) is 1.45. The molecule has 3 nitrogen and oxygen atoms in total. The molecule has 0 bridgehead atoms. The van der Waals surface area contributed by atoms with Crippen molar-refractivity contribution < 1.29 is 4.74 Å². The molecule has 0 aliphatic heterocycles. The van der Waals surface area contributed by atoms with Gasteiger partial charge in [0.15, 0.2) is 0 Å². The summed E-state index contributed by atoms with van der Waals surface area (Å²) in [5.74, 6) is 0. The van der Waals surface area contributed by atoms with E-state index in [0.717, 1.165) is 18.0 Å². The summed E-state index contributed by atoms with van der Waals surface area (Å²) < 4.78 is 5.05. The summed E-state index contributed by atoms with van der Waals surface area (Å²) in [5, 5.41) is 4.68. The van der Waals surface area contributed by atoms with Crippen molar-refractivity contribution in [1.29, 1.82) is 0 Å². The molecule has 1 aromatic rings. The third-order valence-electron chi connectivity index (χ3n) is 2.30. The lowest BCUT2D eigenvalue weighted by Crippen LogP contribution is -2.29. The molecule has 4 heteroatoms. The van der Waals surface area contributed by atoms with Gasteiger partial charge in [-0.05, 0) is 27.2 Å². The van der Waals surface area contributed by atoms with Crippen molar-refractivity contribution in [2.45, 2.75) is 39.3 Å². The standard InChI is InChI=1S/C11H20N2OS/c1-8(5-6-14-4)13-10(3)11-12-7-9(2)15-11/h7-8,10,13H,5-6H2,1-4H3. The monoisotopic (exact) mass is 228 g/mol. The summed E-state index contributed by atoms with van der Waals surface area (Å²) in [6.45, 7) is 7.22. The number of hydrogen-bond acceptors (Lipinski definition) is 4. The minimum Gasteiger partial charge on any atom is -0.385 e. The van der Waals surface area contributed by atoms with E-state index in [1.54, 1.807) is 18.4 Å². The van der Waals surface area contributed by atoms with Crippen LogP contribution >= 0.6 is 11.3 Å². The first-order chi connectivity index (χ1) is 7.13. The van der Waals surface area contributed by atoms with E-state index < -0.39 is 0 Å². The van der Waals surface area contributed by atoms with Crippen molar-refractivity contribution in [2.24, 2.45) is 0 Å². The lowest BCUT2D eigenvalue weighted by molar-refractivity contribution is 0.183. The summed E-state index contributed by atoms with van der Waals surface area (Å²) in [7, 11) is 1.74. The maximum Gasteiger partial charge on any atom is 0.109 e. The molecule has 2 unspecified atom stereocenters. The SMILES string of the molecule is COCCC(C)NC(C)c1ncc(C)s1. The molecule has 2 atom stereocenters. The average Bonchev–Trinajstić information content (AvgIpc) is 2.61. The van der Waals surface area contributed by atoms with E-state index in [4.69, 9.17) is 4.74 Å². The Morgan fingerprint density at radius 3 is 2.80 bits per heavy atom. The number of hydrogen-bond donors (Lipinski definition) is 1. The van der Waals surface area contributed by atoms with Gasteiger partial charge in [-0.2, -0.15) is 0 Å². The molecule has 15 heavy (non-hydrogen) atoms. The van der Waals surface area contributed by atoms with Gasteiger partial charge >= 0.3 is 0 Å². The summed E-state index contributed by atoms with van der Waals surface area (Å²) in [6.07, 6.45) is 2.96. The van der Waals surface area contributed by atoms with Crippen LogP contribution in [0.25, 0.3) is 0 Å². The largest absolute Gasteiger partial charge is 0.385 e. The van der Waals surface area contributed by atoms with Gasteiger partial charge in [-0.25, -0.2) is 4.98 Å². The molecule has 0 aliphatic carbocycles. The van der Waals surface area contributed by atoms with Crippen LogP contribution in [0.15, 0.2) is 6.20 Å². The van der Waals surface area contributed by atoms with E-state index >= 15 is 0 Å². The van der Waals surface area contributed by atoms with Gasteiger partial charge < -0.3 is 10.1 Å². The fraction of sp³-hybridized carbons (Fsp3) is 0.727. The van der Waals surface area contributed by atoms with Crippen LogP contribution in [0.5, 0.6) is 0 Å². The molecule has 0 aliphatic rings. The van der Waals surface area contributed by atoms with E-state index in [9.17, 15) is 0 Å². The highest BCUT2D eigenvalue weighted by atomic mass is 32.1. The number of nitrogens with one attached hydrogen (secondary N) is 1. The van der Waals surface area contributed by atoms with Crippen molar-refractivity contribution in [3.8, 4) is 0 Å². The quantitative estimate of drug-likeness (QED) is 0.812. The Morgan fingerprint density at radius 2 is 2.27 bits per heavy atom. The highest BCUT2D eigenvalue weighted by Crippen LogP contribution is 2.19. The fourth-order valence-corrected chi connectivity index (χ4v) is 2.23. The highest BCUT2D eigenvalue weighted by molar-refractivity contribution is 7.11. The van der Waals surface area contributed by atoms with Gasteiger partial charge in [0, 0.05) is 30.8 Å². The van der Waals surface area contributed by atoms with E-state index in [1.165, 1.54) is 4.88 Å². The highest BCUT2D eigenvalue weighted by Gasteiger charge is 2.11. The Labute approximate surface area is 95.9 Å². The van der Waals surface area contributed by atoms with Gasteiger partial charge in [-0.1, -0.05) is 0 Å². The van der Waals surface area contributed by atoms with E-state index in [1.807, 2.05) is 6.20 Å². The predicted molar refractivity (Wildman–Crippen MR) is 64.4 cm³/mol. The van der Waals surface area contributed by atoms with Gasteiger partial charge in [0.05, 0.1) is 6.04 Å². The Morgan fingerprint density at radius 1 is 1.53 bits per heavy atom. The molecular formula is C11H20N2OS. The number of aromatic nitrogens is 1. The number of nitrogens with zero attached hydrogens (tertiary/aromatic N) is 1. The molecule has 0 amide bonds. The predicted octanol–water partition coefficient (Wildman–Crippen LogP) is 2.53. The molecule has 86 valence electrons. The molecule has 0 fully saturated rings. The molecule has 0 spiro atoms. The van der Waals surface area contributed by atoms with Crippen molar-refractivity contribution in [1.82, 2.24) is 10.3 Å². The van der Waals surface area contributed by atoms with Crippen LogP contribution in [0.2, 0.25) is 0 Å². The van der Waals surface area contributed by atoms with Gasteiger partial charge in [-0.15, -0.1) is 11.3 Å². The molecule has 0 aromatic carbocycles. The summed E-state index contributed by atoms with van der Waals surface area (Å²) in [5.41, 5.74) is 0. The smallest absolute Gasteiger partial charge is 0.109 e. The van der Waals surface area contributed by atoms with Gasteiger partial charge in [0.2, 0.25) is 0 Å². The zero-order chi connectivity index (χ0) is 11.3. The van der Waals surface area contributed by atoms with Gasteiger partial charge in [0.25, 0.3) is 0 Å². The van der Waals surface area contributed by atoms with Crippen molar-refractivity contribution in [2.75, 3.05) is 13.7 Å². The molecule has 0 radical (unpaired) electrons. The Balaban J connectivity index is 2.38. The summed E-state index contributed by atoms with van der Waals surface area (Å²) in [6, 6.07) is 0.791. The van der Waals surface area contributed by atoms with E-state index in [2.05, 4.69) is 31.1 Å². The maximum atomic E-state index is 5.05. The number of methoxy groups -OCH3 is 1. The molecule has 1 rings (SSSR count). The van der Waals surface area contributed by atoms with Crippen LogP contribution in [0.4, 0.5) is 0 Å². The minimum absolute atomic E-state index is 0.329. The first-order valence-corrected chi connectivity index (χ1v) is 6.12. The van der Waals surface area contributed by atoms with Crippen molar-refractivity contribution in [3.63, 3.8) is 0 Å². The van der Waals surface area contributed by atoms with Crippen LogP contribution in [-0.4, -0.2) is 24.7 Å². The number of ether oxygens (including phenoxy) is 1. The third-order valence-corrected chi connectivity index (χ3v) is 3.39. The topological polar surface area (TPSA) is 34.1 Å². The second-order valence-electron chi connectivity index (χ2n) is 3.88.